The lowest BCUT2D eigenvalue weighted by atomic mass is 10.1. The van der Waals surface area contributed by atoms with Crippen molar-refractivity contribution in [3.8, 4) is 0 Å². The van der Waals surface area contributed by atoms with Crippen molar-refractivity contribution in [1.82, 2.24) is 4.98 Å². The Morgan fingerprint density at radius 3 is 2.86 bits per heavy atom. The number of aromatic amines is 1. The zero-order valence-corrected chi connectivity index (χ0v) is 13.6. The highest BCUT2D eigenvalue weighted by molar-refractivity contribution is 7.17. The Morgan fingerprint density at radius 2 is 2.14 bits per heavy atom. The molecule has 2 aromatic heterocycles. The van der Waals surface area contributed by atoms with Crippen molar-refractivity contribution in [2.75, 3.05) is 26.7 Å². The first-order chi connectivity index (χ1) is 10.1. The number of thiophene rings is 1. The molecule has 0 amide bonds. The maximum absolute atomic E-state index is 12.2. The molecule has 1 N–H and O–H groups in total. The second-order valence-corrected chi connectivity index (χ2v) is 7.06. The molecule has 0 saturated carbocycles. The van der Waals surface area contributed by atoms with E-state index >= 15 is 0 Å². The smallest absolute Gasteiger partial charge is 0.355 e. The Bertz CT molecular complexity index is 638. The van der Waals surface area contributed by atoms with Gasteiger partial charge in [-0.15, -0.1) is 11.3 Å². The van der Waals surface area contributed by atoms with Crippen LogP contribution < -0.4 is 0 Å². The van der Waals surface area contributed by atoms with Crippen molar-refractivity contribution in [3.63, 3.8) is 0 Å². The van der Waals surface area contributed by atoms with Gasteiger partial charge in [0, 0.05) is 0 Å². The summed E-state index contributed by atoms with van der Waals surface area (Å²) in [5.41, 5.74) is 2.85. The van der Waals surface area contributed by atoms with E-state index in [0.717, 1.165) is 22.1 Å². The number of fused-ring (bicyclic) bond motifs is 1. The SMILES string of the molecule is CCOC(=O)c1[nH]c2ccsc2c1C[N+]1(C)CCCCC1. The number of hydrogen-bond donors (Lipinski definition) is 1. The summed E-state index contributed by atoms with van der Waals surface area (Å²) < 4.78 is 7.45. The molecule has 21 heavy (non-hydrogen) atoms. The van der Waals surface area contributed by atoms with Gasteiger partial charge in [-0.1, -0.05) is 0 Å². The van der Waals surface area contributed by atoms with Gasteiger partial charge in [0.15, 0.2) is 0 Å². The summed E-state index contributed by atoms with van der Waals surface area (Å²) in [5.74, 6) is -0.223. The standard InChI is InChI=1S/C16H22N2O2S/c1-3-20-16(19)14-12(15-13(17-14)7-10-21-15)11-18(2)8-5-4-6-9-18/h7,10H,3-6,8-9,11H2,1-2H3/p+1. The highest BCUT2D eigenvalue weighted by atomic mass is 32.1. The van der Waals surface area contributed by atoms with Gasteiger partial charge in [-0.2, -0.15) is 0 Å². The Balaban J connectivity index is 1.96. The molecule has 5 heteroatoms. The number of hydrogen-bond acceptors (Lipinski definition) is 3. The molecular weight excluding hydrogens is 284 g/mol. The lowest BCUT2D eigenvalue weighted by Crippen LogP contribution is -2.47. The number of esters is 1. The summed E-state index contributed by atoms with van der Waals surface area (Å²) in [6.07, 6.45) is 3.90. The molecule has 4 nitrogen and oxygen atoms in total. The van der Waals surface area contributed by atoms with Crippen LogP contribution in [0.3, 0.4) is 0 Å². The van der Waals surface area contributed by atoms with Gasteiger partial charge in [0.2, 0.25) is 0 Å². The lowest BCUT2D eigenvalue weighted by molar-refractivity contribution is -0.926. The number of nitrogens with one attached hydrogen (secondary N) is 1. The maximum atomic E-state index is 12.2. The van der Waals surface area contributed by atoms with Crippen LogP contribution in [0.2, 0.25) is 0 Å². The van der Waals surface area contributed by atoms with E-state index in [4.69, 9.17) is 4.74 Å². The fraction of sp³-hybridized carbons (Fsp3) is 0.562. The van der Waals surface area contributed by atoms with Gasteiger partial charge >= 0.3 is 5.97 Å². The van der Waals surface area contributed by atoms with Gasteiger partial charge in [0.25, 0.3) is 0 Å². The third-order valence-corrected chi connectivity index (χ3v) is 5.39. The first-order valence-corrected chi connectivity index (χ1v) is 8.59. The average Bonchev–Trinajstić information content (AvgIpc) is 3.02. The molecule has 0 aromatic carbocycles. The summed E-state index contributed by atoms with van der Waals surface area (Å²) >= 11 is 1.71. The topological polar surface area (TPSA) is 42.1 Å². The molecule has 0 radical (unpaired) electrons. The van der Waals surface area contributed by atoms with Gasteiger partial charge in [-0.3, -0.25) is 0 Å². The quantitative estimate of drug-likeness (QED) is 0.693. The number of rotatable bonds is 4. The summed E-state index contributed by atoms with van der Waals surface area (Å²) in [5, 5.41) is 2.08. The van der Waals surface area contributed by atoms with Gasteiger partial charge < -0.3 is 14.2 Å². The first-order valence-electron chi connectivity index (χ1n) is 7.72. The van der Waals surface area contributed by atoms with Crippen molar-refractivity contribution in [2.24, 2.45) is 0 Å². The fourth-order valence-electron chi connectivity index (χ4n) is 3.31. The van der Waals surface area contributed by atoms with Crippen molar-refractivity contribution in [3.05, 3.63) is 22.7 Å². The highest BCUT2D eigenvalue weighted by Crippen LogP contribution is 2.32. The molecule has 1 aliphatic rings. The summed E-state index contributed by atoms with van der Waals surface area (Å²) in [4.78, 5) is 15.5. The zero-order chi connectivity index (χ0) is 14.9. The highest BCUT2D eigenvalue weighted by Gasteiger charge is 2.30. The Hall–Kier alpha value is -1.33. The van der Waals surface area contributed by atoms with Crippen molar-refractivity contribution in [1.29, 1.82) is 0 Å². The first kappa shape index (κ1) is 14.6. The molecule has 3 rings (SSSR count). The van der Waals surface area contributed by atoms with Crippen LogP contribution in [-0.4, -0.2) is 42.2 Å². The lowest BCUT2D eigenvalue weighted by Gasteiger charge is -2.37. The number of likely N-dealkylation sites (tertiary alicyclic amines) is 1. The predicted octanol–water partition coefficient (Wildman–Crippen LogP) is 3.54. The van der Waals surface area contributed by atoms with Crippen LogP contribution in [0, 0.1) is 0 Å². The third kappa shape index (κ3) is 2.85. The largest absolute Gasteiger partial charge is 0.461 e. The molecule has 1 fully saturated rings. The third-order valence-electron chi connectivity index (χ3n) is 4.42. The predicted molar refractivity (Wildman–Crippen MR) is 85.6 cm³/mol. The minimum absolute atomic E-state index is 0.223. The number of quaternary nitrogens is 1. The van der Waals surface area contributed by atoms with Gasteiger partial charge in [-0.25, -0.2) is 4.79 Å². The molecule has 1 aliphatic heterocycles. The number of H-pyrrole nitrogens is 1. The number of ether oxygens (including phenoxy) is 1. The van der Waals surface area contributed by atoms with Crippen LogP contribution in [0.25, 0.3) is 10.2 Å². The molecule has 0 spiro atoms. The molecule has 1 saturated heterocycles. The molecule has 114 valence electrons. The van der Waals surface area contributed by atoms with E-state index in [1.165, 1.54) is 37.1 Å². The number of aromatic nitrogens is 1. The number of piperidine rings is 1. The van der Waals surface area contributed by atoms with Crippen molar-refractivity contribution >= 4 is 27.5 Å². The van der Waals surface area contributed by atoms with Gasteiger partial charge in [0.05, 0.1) is 42.5 Å². The van der Waals surface area contributed by atoms with E-state index in [0.29, 0.717) is 12.3 Å². The van der Waals surface area contributed by atoms with Crippen molar-refractivity contribution < 1.29 is 14.0 Å². The average molecular weight is 307 g/mol. The van der Waals surface area contributed by atoms with Crippen LogP contribution >= 0.6 is 11.3 Å². The summed E-state index contributed by atoms with van der Waals surface area (Å²) in [6.45, 7) is 5.56. The Morgan fingerprint density at radius 1 is 1.38 bits per heavy atom. The number of nitrogens with zero attached hydrogens (tertiary/aromatic N) is 1. The van der Waals surface area contributed by atoms with E-state index in [1.807, 2.05) is 13.0 Å². The second kappa shape index (κ2) is 5.81. The Labute approximate surface area is 129 Å². The van der Waals surface area contributed by atoms with Crippen LogP contribution in [0.15, 0.2) is 11.4 Å². The fourth-order valence-corrected chi connectivity index (χ4v) is 4.20. The maximum Gasteiger partial charge on any atom is 0.355 e. The van der Waals surface area contributed by atoms with Gasteiger partial charge in [-0.05, 0) is 37.6 Å². The normalized spacial score (nSPS) is 18.0. The van der Waals surface area contributed by atoms with Crippen molar-refractivity contribution in [2.45, 2.75) is 32.7 Å². The van der Waals surface area contributed by atoms with E-state index in [1.54, 1.807) is 11.3 Å². The minimum atomic E-state index is -0.223. The molecule has 0 atom stereocenters. The van der Waals surface area contributed by atoms with E-state index < -0.39 is 0 Å². The van der Waals surface area contributed by atoms with Crippen LogP contribution in [-0.2, 0) is 11.3 Å². The molecule has 3 heterocycles. The molecule has 2 aromatic rings. The molecular formula is C16H23N2O2S+. The molecule has 0 aliphatic carbocycles. The van der Waals surface area contributed by atoms with Gasteiger partial charge in [0.1, 0.15) is 12.2 Å². The summed E-state index contributed by atoms with van der Waals surface area (Å²) in [7, 11) is 2.31. The molecule has 0 bridgehead atoms. The zero-order valence-electron chi connectivity index (χ0n) is 12.8. The van der Waals surface area contributed by atoms with Crippen LogP contribution in [0.1, 0.15) is 42.2 Å². The van der Waals surface area contributed by atoms with E-state index in [2.05, 4.69) is 17.4 Å². The second-order valence-electron chi connectivity index (χ2n) is 6.15. The number of carbonyl (C=O) groups excluding carboxylic acids is 1. The number of carbonyl (C=O) groups is 1. The van der Waals surface area contributed by atoms with E-state index in [9.17, 15) is 4.79 Å². The summed E-state index contributed by atoms with van der Waals surface area (Å²) in [6, 6.07) is 2.04. The van der Waals surface area contributed by atoms with Crippen LogP contribution in [0.5, 0.6) is 0 Å². The van der Waals surface area contributed by atoms with Crippen LogP contribution in [0.4, 0.5) is 0 Å². The molecule has 0 unspecified atom stereocenters. The Kier molecular flexibility index (Phi) is 4.04. The minimum Gasteiger partial charge on any atom is -0.461 e. The van der Waals surface area contributed by atoms with E-state index in [-0.39, 0.29) is 5.97 Å². The monoisotopic (exact) mass is 307 g/mol.